The summed E-state index contributed by atoms with van der Waals surface area (Å²) in [4.78, 5) is 10.3. The van der Waals surface area contributed by atoms with Crippen LogP contribution in [0.1, 0.15) is 476 Å². The van der Waals surface area contributed by atoms with Crippen LogP contribution in [0.15, 0.2) is 0 Å². The SMILES string of the molecule is CCCNCCCNCCCCCCCCCCCCCCCCCCCCCCCCCCCCCCCCCCCCCCCCCCCCCCCCCCCCCCCCCCCCCCCCCCCCCCCCCOC(=O)O. The van der Waals surface area contributed by atoms with Crippen molar-refractivity contribution in [3.8, 4) is 0 Å². The predicted molar refractivity (Wildman–Crippen MR) is 382 cm³/mol. The minimum absolute atomic E-state index is 0.356. The third-order valence-electron chi connectivity index (χ3n) is 19.4. The summed E-state index contributed by atoms with van der Waals surface area (Å²) in [5, 5.41) is 15.6. The zero-order valence-corrected chi connectivity index (χ0v) is 58.9. The highest BCUT2D eigenvalue weighted by Crippen LogP contribution is 2.21. The lowest BCUT2D eigenvalue weighted by Gasteiger charge is -2.06. The van der Waals surface area contributed by atoms with E-state index in [9.17, 15) is 4.79 Å². The third-order valence-corrected chi connectivity index (χ3v) is 19.4. The van der Waals surface area contributed by atoms with E-state index in [0.717, 1.165) is 19.4 Å². The first kappa shape index (κ1) is 84.2. The van der Waals surface area contributed by atoms with E-state index in [1.807, 2.05) is 0 Å². The summed E-state index contributed by atoms with van der Waals surface area (Å²) in [6.07, 6.45) is 104. The van der Waals surface area contributed by atoms with Crippen LogP contribution in [0, 0.1) is 0 Å². The van der Waals surface area contributed by atoms with Gasteiger partial charge in [0.05, 0.1) is 6.61 Å². The Balaban J connectivity index is 3.08. The topological polar surface area (TPSA) is 70.6 Å². The highest BCUT2D eigenvalue weighted by atomic mass is 16.7. The monoisotopic (exact) mass is 1200 g/mol. The Labute approximate surface area is 537 Å². The Morgan fingerprint density at radius 3 is 0.482 bits per heavy atom. The van der Waals surface area contributed by atoms with Gasteiger partial charge in [-0.2, -0.15) is 0 Å². The molecule has 0 aromatic heterocycles. The van der Waals surface area contributed by atoms with Crippen LogP contribution in [-0.2, 0) is 4.74 Å². The van der Waals surface area contributed by atoms with Crippen molar-refractivity contribution in [2.24, 2.45) is 0 Å². The molecule has 0 heterocycles. The van der Waals surface area contributed by atoms with Gasteiger partial charge >= 0.3 is 6.16 Å². The maximum Gasteiger partial charge on any atom is 0.505 e. The lowest BCUT2D eigenvalue weighted by atomic mass is 10.0. The zero-order chi connectivity index (χ0) is 60.9. The Morgan fingerprint density at radius 1 is 0.200 bits per heavy atom. The van der Waals surface area contributed by atoms with Crippen LogP contribution >= 0.6 is 0 Å². The first-order valence-corrected chi connectivity index (χ1v) is 40.5. The Morgan fingerprint density at radius 2 is 0.329 bits per heavy atom. The fraction of sp³-hybridized carbons (Fsp3) is 0.988. The first-order chi connectivity index (χ1) is 42.3. The van der Waals surface area contributed by atoms with Crippen molar-refractivity contribution in [2.45, 2.75) is 476 Å². The summed E-state index contributed by atoms with van der Waals surface area (Å²) in [5.41, 5.74) is 0. The lowest BCUT2D eigenvalue weighted by Crippen LogP contribution is -2.23. The summed E-state index contributed by atoms with van der Waals surface area (Å²) in [5.74, 6) is 0. The molecule has 0 aromatic rings. The maximum atomic E-state index is 10.3. The van der Waals surface area contributed by atoms with Gasteiger partial charge in [0.25, 0.3) is 0 Å². The van der Waals surface area contributed by atoms with Gasteiger partial charge in [-0.3, -0.25) is 0 Å². The van der Waals surface area contributed by atoms with Crippen molar-refractivity contribution < 1.29 is 14.6 Å². The Bertz CT molecular complexity index is 1150. The molecule has 0 saturated carbocycles. The van der Waals surface area contributed by atoms with Crippen molar-refractivity contribution in [1.82, 2.24) is 10.6 Å². The number of hydrogen-bond acceptors (Lipinski definition) is 4. The molecule has 5 nitrogen and oxygen atoms in total. The van der Waals surface area contributed by atoms with Gasteiger partial charge in [0, 0.05) is 0 Å². The van der Waals surface area contributed by atoms with Gasteiger partial charge in [-0.05, 0) is 51.9 Å². The molecule has 0 unspecified atom stereocenters. The summed E-state index contributed by atoms with van der Waals surface area (Å²) in [7, 11) is 0. The normalized spacial score (nSPS) is 11.7. The van der Waals surface area contributed by atoms with Crippen LogP contribution in [0.25, 0.3) is 0 Å². The van der Waals surface area contributed by atoms with Gasteiger partial charge in [-0.15, -0.1) is 0 Å². The fourth-order valence-corrected chi connectivity index (χ4v) is 13.5. The van der Waals surface area contributed by atoms with Gasteiger partial charge in [-0.1, -0.05) is 450 Å². The summed E-state index contributed by atoms with van der Waals surface area (Å²) >= 11 is 0. The molecule has 0 aliphatic rings. The van der Waals surface area contributed by atoms with E-state index in [2.05, 4.69) is 22.3 Å². The van der Waals surface area contributed by atoms with E-state index in [0.29, 0.717) is 6.61 Å². The van der Waals surface area contributed by atoms with Crippen molar-refractivity contribution in [1.29, 1.82) is 0 Å². The third kappa shape index (κ3) is 83.2. The van der Waals surface area contributed by atoms with E-state index in [-0.39, 0.29) is 0 Å². The van der Waals surface area contributed by atoms with Crippen LogP contribution in [-0.4, -0.2) is 44.0 Å². The molecule has 0 fully saturated rings. The molecule has 0 aliphatic heterocycles. The molecule has 5 heteroatoms. The molecule has 0 amide bonds. The minimum Gasteiger partial charge on any atom is -0.450 e. The summed E-state index contributed by atoms with van der Waals surface area (Å²) in [6.45, 7) is 7.31. The smallest absolute Gasteiger partial charge is 0.450 e. The highest BCUT2D eigenvalue weighted by Gasteiger charge is 2.02. The van der Waals surface area contributed by atoms with Crippen LogP contribution in [0.4, 0.5) is 4.79 Å². The maximum absolute atomic E-state index is 10.3. The number of ether oxygens (including phenoxy) is 1. The van der Waals surface area contributed by atoms with Crippen LogP contribution in [0.2, 0.25) is 0 Å². The average Bonchev–Trinajstić information content (AvgIpc) is 3.50. The van der Waals surface area contributed by atoms with Crippen molar-refractivity contribution >= 4 is 6.16 Å². The number of hydrogen-bond donors (Lipinski definition) is 3. The van der Waals surface area contributed by atoms with E-state index in [1.54, 1.807) is 0 Å². The Hall–Kier alpha value is -0.810. The van der Waals surface area contributed by atoms with E-state index >= 15 is 0 Å². The van der Waals surface area contributed by atoms with Gasteiger partial charge in [-0.25, -0.2) is 4.79 Å². The van der Waals surface area contributed by atoms with Gasteiger partial charge in [0.2, 0.25) is 0 Å². The van der Waals surface area contributed by atoms with E-state index < -0.39 is 6.16 Å². The molecule has 0 spiro atoms. The van der Waals surface area contributed by atoms with Gasteiger partial charge < -0.3 is 20.5 Å². The van der Waals surface area contributed by atoms with Crippen LogP contribution in [0.3, 0.4) is 0 Å². The second-order valence-corrected chi connectivity index (χ2v) is 28.1. The zero-order valence-electron chi connectivity index (χ0n) is 58.9. The van der Waals surface area contributed by atoms with Crippen LogP contribution in [0.5, 0.6) is 0 Å². The molecule has 0 aromatic carbocycles. The standard InChI is InChI=1S/C80H162N2O3/c1-2-75-81-77-74-78-82-76-72-70-68-66-64-62-60-58-56-54-52-50-48-46-44-42-40-38-36-34-32-30-28-26-24-22-20-18-16-14-12-10-8-6-4-3-5-7-9-11-13-15-17-19-21-23-25-27-29-31-33-35-37-39-41-43-45-47-49-51-53-55-57-59-61-63-65-67-69-71-73-79-85-80(83)84/h81-82H,2-79H2,1H3,(H,83,84). The molecule has 0 radical (unpaired) electrons. The molecule has 0 saturated heterocycles. The molecular weight excluding hydrogens is 1040 g/mol. The molecule has 510 valence electrons. The summed E-state index contributed by atoms with van der Waals surface area (Å²) < 4.78 is 4.56. The Kier molecular flexibility index (Phi) is 80.4. The fourth-order valence-electron chi connectivity index (χ4n) is 13.5. The van der Waals surface area contributed by atoms with Gasteiger partial charge in [0.15, 0.2) is 0 Å². The number of unbranched alkanes of at least 4 members (excludes halogenated alkanes) is 70. The molecule has 85 heavy (non-hydrogen) atoms. The molecule has 0 atom stereocenters. The average molecular weight is 1200 g/mol. The van der Waals surface area contributed by atoms with Gasteiger partial charge in [0.1, 0.15) is 0 Å². The number of carboxylic acid groups (broad SMARTS) is 1. The number of carbonyl (C=O) groups is 1. The van der Waals surface area contributed by atoms with Crippen LogP contribution < -0.4 is 10.6 Å². The van der Waals surface area contributed by atoms with Crippen molar-refractivity contribution in [3.05, 3.63) is 0 Å². The molecule has 0 rings (SSSR count). The second kappa shape index (κ2) is 81.2. The minimum atomic E-state index is -1.14. The number of nitrogens with one attached hydrogen (secondary N) is 2. The largest absolute Gasteiger partial charge is 0.505 e. The predicted octanol–water partition coefficient (Wildman–Crippen LogP) is 28.4. The van der Waals surface area contributed by atoms with E-state index in [1.165, 1.54) is 476 Å². The second-order valence-electron chi connectivity index (χ2n) is 28.1. The molecule has 0 aliphatic carbocycles. The molecule has 3 N–H and O–H groups in total. The molecular formula is C80H162N2O3. The highest BCUT2D eigenvalue weighted by molar-refractivity contribution is 5.56. The number of rotatable bonds is 80. The quantitative estimate of drug-likeness (QED) is 0.0418. The van der Waals surface area contributed by atoms with Crippen molar-refractivity contribution in [3.63, 3.8) is 0 Å². The van der Waals surface area contributed by atoms with Crippen molar-refractivity contribution in [2.75, 3.05) is 32.8 Å². The lowest BCUT2D eigenvalue weighted by molar-refractivity contribution is 0.0899. The summed E-state index contributed by atoms with van der Waals surface area (Å²) in [6, 6.07) is 0. The van der Waals surface area contributed by atoms with E-state index in [4.69, 9.17) is 5.11 Å². The first-order valence-electron chi connectivity index (χ1n) is 40.5. The molecule has 0 bridgehead atoms.